The summed E-state index contributed by atoms with van der Waals surface area (Å²) in [6, 6.07) is 3.98. The first-order valence-corrected chi connectivity index (χ1v) is 5.16. The van der Waals surface area contributed by atoms with Gasteiger partial charge in [0.1, 0.15) is 0 Å². The maximum Gasteiger partial charge on any atom is 0.307 e. The lowest BCUT2D eigenvalue weighted by Gasteiger charge is -2.15. The molecule has 0 bridgehead atoms. The van der Waals surface area contributed by atoms with E-state index in [1.165, 1.54) is 26.4 Å². The molecule has 1 rings (SSSR count). The predicted octanol–water partition coefficient (Wildman–Crippen LogP) is 0.835. The van der Waals surface area contributed by atoms with Crippen LogP contribution in [0.4, 0.5) is 0 Å². The predicted molar refractivity (Wildman–Crippen MR) is 62.9 cm³/mol. The summed E-state index contributed by atoms with van der Waals surface area (Å²) in [4.78, 5) is 11.1. The highest BCUT2D eigenvalue weighted by molar-refractivity contribution is 5.70. The van der Waals surface area contributed by atoms with Gasteiger partial charge in [0.15, 0.2) is 11.5 Å². The summed E-state index contributed by atoms with van der Waals surface area (Å²) in [7, 11) is 2.62. The maximum absolute atomic E-state index is 11.1. The van der Waals surface area contributed by atoms with Gasteiger partial charge in [-0.25, -0.2) is 0 Å². The topological polar surface area (TPSA) is 106 Å². The fourth-order valence-electron chi connectivity index (χ4n) is 1.51. The standard InChI is InChI=1S/C12H14N2O4/c1-17-10-4-7(6-13)3-8(12(10)16)9(14)5-11(15)18-2/h3-4,9,16H,5,14H2,1-2H3/t9-/m0/s1. The Morgan fingerprint density at radius 1 is 1.56 bits per heavy atom. The minimum Gasteiger partial charge on any atom is -0.504 e. The number of hydrogen-bond acceptors (Lipinski definition) is 6. The molecule has 96 valence electrons. The Balaban J connectivity index is 3.14. The minimum absolute atomic E-state index is 0.0951. The van der Waals surface area contributed by atoms with Gasteiger partial charge in [0.25, 0.3) is 0 Å². The lowest BCUT2D eigenvalue weighted by Crippen LogP contribution is -2.16. The zero-order valence-electron chi connectivity index (χ0n) is 10.1. The molecule has 6 heteroatoms. The van der Waals surface area contributed by atoms with E-state index in [9.17, 15) is 9.90 Å². The molecule has 0 unspecified atom stereocenters. The second-order valence-electron chi connectivity index (χ2n) is 3.61. The van der Waals surface area contributed by atoms with Gasteiger partial charge in [-0.15, -0.1) is 0 Å². The highest BCUT2D eigenvalue weighted by Crippen LogP contribution is 2.35. The number of nitrogens with two attached hydrogens (primary N) is 1. The van der Waals surface area contributed by atoms with Gasteiger partial charge in [0.05, 0.1) is 32.3 Å². The molecule has 1 aromatic rings. The van der Waals surface area contributed by atoms with Crippen molar-refractivity contribution in [2.75, 3.05) is 14.2 Å². The van der Waals surface area contributed by atoms with Gasteiger partial charge >= 0.3 is 5.97 Å². The van der Waals surface area contributed by atoms with Crippen LogP contribution in [0.25, 0.3) is 0 Å². The Bertz CT molecular complexity index is 494. The SMILES string of the molecule is COC(=O)C[C@H](N)c1cc(C#N)cc(OC)c1O. The highest BCUT2D eigenvalue weighted by atomic mass is 16.5. The summed E-state index contributed by atoms with van der Waals surface area (Å²) in [5, 5.41) is 18.8. The van der Waals surface area contributed by atoms with Crippen molar-refractivity contribution in [2.24, 2.45) is 5.73 Å². The van der Waals surface area contributed by atoms with E-state index in [1.807, 2.05) is 6.07 Å². The van der Waals surface area contributed by atoms with E-state index in [2.05, 4.69) is 4.74 Å². The summed E-state index contributed by atoms with van der Waals surface area (Å²) in [6.45, 7) is 0. The number of benzene rings is 1. The Morgan fingerprint density at radius 2 is 2.22 bits per heavy atom. The van der Waals surface area contributed by atoms with Gasteiger partial charge in [0.2, 0.25) is 0 Å². The number of carbonyl (C=O) groups excluding carboxylic acids is 1. The van der Waals surface area contributed by atoms with Crippen LogP contribution in [0.5, 0.6) is 11.5 Å². The van der Waals surface area contributed by atoms with Crippen LogP contribution in [0.15, 0.2) is 12.1 Å². The summed E-state index contributed by atoms with van der Waals surface area (Å²) in [5.74, 6) is -0.527. The molecule has 0 heterocycles. The molecule has 0 aliphatic carbocycles. The first kappa shape index (κ1) is 13.8. The Labute approximate surface area is 105 Å². The lowest BCUT2D eigenvalue weighted by atomic mass is 10.0. The highest BCUT2D eigenvalue weighted by Gasteiger charge is 2.19. The van der Waals surface area contributed by atoms with Gasteiger partial charge in [-0.1, -0.05) is 0 Å². The molecule has 0 saturated carbocycles. The van der Waals surface area contributed by atoms with Crippen LogP contribution in [0.2, 0.25) is 0 Å². The van der Waals surface area contributed by atoms with Crippen molar-refractivity contribution >= 4 is 5.97 Å². The monoisotopic (exact) mass is 250 g/mol. The molecule has 0 radical (unpaired) electrons. The second-order valence-corrected chi connectivity index (χ2v) is 3.61. The number of nitriles is 1. The van der Waals surface area contributed by atoms with Crippen molar-refractivity contribution in [3.8, 4) is 17.6 Å². The number of phenols is 1. The van der Waals surface area contributed by atoms with Gasteiger partial charge in [-0.2, -0.15) is 5.26 Å². The third-order valence-corrected chi connectivity index (χ3v) is 2.47. The van der Waals surface area contributed by atoms with Crippen molar-refractivity contribution in [2.45, 2.75) is 12.5 Å². The molecule has 0 aliphatic heterocycles. The molecule has 18 heavy (non-hydrogen) atoms. The van der Waals surface area contributed by atoms with Crippen LogP contribution in [-0.2, 0) is 9.53 Å². The smallest absolute Gasteiger partial charge is 0.307 e. The number of ether oxygens (including phenoxy) is 2. The molecule has 0 saturated heterocycles. The quantitative estimate of drug-likeness (QED) is 0.767. The average Bonchev–Trinajstić information content (AvgIpc) is 2.38. The number of esters is 1. The molecule has 0 amide bonds. The first-order valence-electron chi connectivity index (χ1n) is 5.16. The molecule has 0 aromatic heterocycles. The Hall–Kier alpha value is -2.26. The summed E-state index contributed by atoms with van der Waals surface area (Å²) >= 11 is 0. The third-order valence-electron chi connectivity index (χ3n) is 2.47. The number of carbonyl (C=O) groups is 1. The Morgan fingerprint density at radius 3 is 2.72 bits per heavy atom. The number of aromatic hydroxyl groups is 1. The van der Waals surface area contributed by atoms with E-state index in [-0.39, 0.29) is 23.5 Å². The minimum atomic E-state index is -0.764. The molecule has 0 fully saturated rings. The van der Waals surface area contributed by atoms with E-state index in [1.54, 1.807) is 0 Å². The van der Waals surface area contributed by atoms with Crippen LogP contribution in [0.1, 0.15) is 23.6 Å². The number of methoxy groups -OCH3 is 2. The van der Waals surface area contributed by atoms with E-state index < -0.39 is 12.0 Å². The zero-order chi connectivity index (χ0) is 13.7. The molecule has 0 spiro atoms. The lowest BCUT2D eigenvalue weighted by molar-refractivity contribution is -0.141. The Kier molecular flexibility index (Phi) is 4.52. The molecule has 1 atom stereocenters. The average molecular weight is 250 g/mol. The fraction of sp³-hybridized carbons (Fsp3) is 0.333. The van der Waals surface area contributed by atoms with E-state index in [4.69, 9.17) is 15.7 Å². The molecule has 6 nitrogen and oxygen atoms in total. The number of phenolic OH excluding ortho intramolecular Hbond substituents is 1. The summed E-state index contributed by atoms with van der Waals surface area (Å²) in [6.07, 6.45) is -0.0951. The maximum atomic E-state index is 11.1. The number of hydrogen-bond donors (Lipinski definition) is 2. The molecule has 1 aromatic carbocycles. The third kappa shape index (κ3) is 2.90. The van der Waals surface area contributed by atoms with Crippen LogP contribution in [0, 0.1) is 11.3 Å². The molecular formula is C12H14N2O4. The summed E-state index contributed by atoms with van der Waals surface area (Å²) in [5.41, 5.74) is 6.36. The zero-order valence-corrected chi connectivity index (χ0v) is 10.1. The first-order chi connectivity index (χ1) is 8.53. The van der Waals surface area contributed by atoms with Gasteiger partial charge in [-0.05, 0) is 6.07 Å². The fourth-order valence-corrected chi connectivity index (χ4v) is 1.51. The van der Waals surface area contributed by atoms with Gasteiger partial charge in [0, 0.05) is 17.7 Å². The normalized spacial score (nSPS) is 11.4. The van der Waals surface area contributed by atoms with Crippen molar-refractivity contribution < 1.29 is 19.4 Å². The van der Waals surface area contributed by atoms with Crippen LogP contribution >= 0.6 is 0 Å². The van der Waals surface area contributed by atoms with E-state index in [0.717, 1.165) is 0 Å². The second kappa shape index (κ2) is 5.89. The van der Waals surface area contributed by atoms with Gasteiger partial charge < -0.3 is 20.3 Å². The molecular weight excluding hydrogens is 236 g/mol. The number of rotatable bonds is 4. The van der Waals surface area contributed by atoms with Gasteiger partial charge in [-0.3, -0.25) is 4.79 Å². The van der Waals surface area contributed by atoms with Crippen molar-refractivity contribution in [3.63, 3.8) is 0 Å². The van der Waals surface area contributed by atoms with E-state index >= 15 is 0 Å². The van der Waals surface area contributed by atoms with Crippen molar-refractivity contribution in [3.05, 3.63) is 23.3 Å². The summed E-state index contributed by atoms with van der Waals surface area (Å²) < 4.78 is 9.44. The van der Waals surface area contributed by atoms with Crippen LogP contribution in [0.3, 0.4) is 0 Å². The van der Waals surface area contributed by atoms with Crippen LogP contribution < -0.4 is 10.5 Å². The number of nitrogens with zero attached hydrogens (tertiary/aromatic N) is 1. The largest absolute Gasteiger partial charge is 0.504 e. The van der Waals surface area contributed by atoms with Crippen molar-refractivity contribution in [1.82, 2.24) is 0 Å². The molecule has 3 N–H and O–H groups in total. The van der Waals surface area contributed by atoms with Crippen LogP contribution in [-0.4, -0.2) is 25.3 Å². The molecule has 0 aliphatic rings. The van der Waals surface area contributed by atoms with E-state index in [0.29, 0.717) is 5.56 Å². The van der Waals surface area contributed by atoms with Crippen molar-refractivity contribution in [1.29, 1.82) is 5.26 Å².